The highest BCUT2D eigenvalue weighted by atomic mass is 35.5. The SMILES string of the molecule is CC(C)Oc1ccc(C2CCCCN2)cc1Cl. The van der Waals surface area contributed by atoms with Crippen LogP contribution in [0.3, 0.4) is 0 Å². The molecule has 0 amide bonds. The second kappa shape index (κ2) is 5.74. The fourth-order valence-electron chi connectivity index (χ4n) is 2.22. The number of ether oxygens (including phenoxy) is 1. The third-order valence-electron chi connectivity index (χ3n) is 3.03. The number of benzene rings is 1. The maximum absolute atomic E-state index is 6.24. The fourth-order valence-corrected chi connectivity index (χ4v) is 2.45. The lowest BCUT2D eigenvalue weighted by Crippen LogP contribution is -2.26. The van der Waals surface area contributed by atoms with Gasteiger partial charge < -0.3 is 10.1 Å². The Hall–Kier alpha value is -0.730. The lowest BCUT2D eigenvalue weighted by atomic mass is 9.97. The van der Waals surface area contributed by atoms with Crippen LogP contribution in [0.5, 0.6) is 5.75 Å². The third kappa shape index (κ3) is 3.36. The van der Waals surface area contributed by atoms with Crippen LogP contribution in [-0.4, -0.2) is 12.6 Å². The van der Waals surface area contributed by atoms with Crippen molar-refractivity contribution in [3.05, 3.63) is 28.8 Å². The molecule has 1 unspecified atom stereocenters. The van der Waals surface area contributed by atoms with Gasteiger partial charge in [-0.2, -0.15) is 0 Å². The van der Waals surface area contributed by atoms with Crippen LogP contribution in [0.2, 0.25) is 5.02 Å². The summed E-state index contributed by atoms with van der Waals surface area (Å²) in [7, 11) is 0. The highest BCUT2D eigenvalue weighted by molar-refractivity contribution is 6.32. The molecule has 1 saturated heterocycles. The number of rotatable bonds is 3. The summed E-state index contributed by atoms with van der Waals surface area (Å²) < 4.78 is 5.63. The molecule has 1 aliphatic heterocycles. The minimum Gasteiger partial charge on any atom is -0.489 e. The molecule has 2 nitrogen and oxygen atoms in total. The van der Waals surface area contributed by atoms with Gasteiger partial charge in [-0.15, -0.1) is 0 Å². The van der Waals surface area contributed by atoms with Gasteiger partial charge in [0, 0.05) is 6.04 Å². The first kappa shape index (κ1) is 12.7. The first-order chi connectivity index (χ1) is 8.16. The first-order valence-electron chi connectivity index (χ1n) is 6.36. The van der Waals surface area contributed by atoms with Crippen molar-refractivity contribution >= 4 is 11.6 Å². The summed E-state index contributed by atoms with van der Waals surface area (Å²) in [5.41, 5.74) is 1.27. The second-order valence-corrected chi connectivity index (χ2v) is 5.27. The predicted molar refractivity (Wildman–Crippen MR) is 71.8 cm³/mol. The van der Waals surface area contributed by atoms with E-state index in [1.54, 1.807) is 0 Å². The Labute approximate surface area is 108 Å². The smallest absolute Gasteiger partial charge is 0.138 e. The maximum atomic E-state index is 6.24. The minimum absolute atomic E-state index is 0.158. The standard InChI is InChI=1S/C14H20ClNO/c1-10(2)17-14-7-6-11(9-12(14)15)13-5-3-4-8-16-13/h6-7,9-10,13,16H,3-5,8H2,1-2H3. The van der Waals surface area contributed by atoms with Crippen LogP contribution in [0, 0.1) is 0 Å². The van der Waals surface area contributed by atoms with Crippen LogP contribution in [-0.2, 0) is 0 Å². The number of hydrogen-bond acceptors (Lipinski definition) is 2. The molecule has 2 rings (SSSR count). The van der Waals surface area contributed by atoms with E-state index in [1.165, 1.54) is 24.8 Å². The highest BCUT2D eigenvalue weighted by Crippen LogP contribution is 2.31. The molecule has 0 spiro atoms. The van der Waals surface area contributed by atoms with E-state index >= 15 is 0 Å². The van der Waals surface area contributed by atoms with Crippen molar-refractivity contribution in [1.29, 1.82) is 0 Å². The van der Waals surface area contributed by atoms with Crippen molar-refractivity contribution < 1.29 is 4.74 Å². The summed E-state index contributed by atoms with van der Waals surface area (Å²) in [5.74, 6) is 0.779. The summed E-state index contributed by atoms with van der Waals surface area (Å²) in [6.07, 6.45) is 3.92. The Balaban J connectivity index is 2.12. The largest absolute Gasteiger partial charge is 0.489 e. The van der Waals surface area contributed by atoms with Crippen LogP contribution in [0.15, 0.2) is 18.2 Å². The second-order valence-electron chi connectivity index (χ2n) is 4.86. The van der Waals surface area contributed by atoms with E-state index < -0.39 is 0 Å². The predicted octanol–water partition coefficient (Wildman–Crippen LogP) is 3.94. The van der Waals surface area contributed by atoms with Gasteiger partial charge in [-0.05, 0) is 50.9 Å². The number of nitrogens with one attached hydrogen (secondary N) is 1. The van der Waals surface area contributed by atoms with Gasteiger partial charge in [-0.25, -0.2) is 0 Å². The Morgan fingerprint density at radius 1 is 1.35 bits per heavy atom. The molecule has 0 aliphatic carbocycles. The molecule has 0 radical (unpaired) electrons. The summed E-state index contributed by atoms with van der Waals surface area (Å²) in [5, 5.41) is 4.24. The average molecular weight is 254 g/mol. The monoisotopic (exact) mass is 253 g/mol. The molecule has 0 bridgehead atoms. The summed E-state index contributed by atoms with van der Waals surface area (Å²) >= 11 is 6.24. The van der Waals surface area contributed by atoms with Crippen molar-refractivity contribution in [3.8, 4) is 5.75 Å². The normalized spacial score (nSPS) is 20.6. The van der Waals surface area contributed by atoms with Crippen molar-refractivity contribution in [3.63, 3.8) is 0 Å². The molecule has 1 aromatic carbocycles. The first-order valence-corrected chi connectivity index (χ1v) is 6.74. The van der Waals surface area contributed by atoms with Gasteiger partial charge in [-0.1, -0.05) is 24.1 Å². The highest BCUT2D eigenvalue weighted by Gasteiger charge is 2.16. The van der Waals surface area contributed by atoms with E-state index in [0.717, 1.165) is 12.3 Å². The number of halogens is 1. The zero-order valence-electron chi connectivity index (χ0n) is 10.5. The van der Waals surface area contributed by atoms with Crippen LogP contribution in [0.4, 0.5) is 0 Å². The quantitative estimate of drug-likeness (QED) is 0.881. The summed E-state index contributed by atoms with van der Waals surface area (Å²) in [4.78, 5) is 0. The fraction of sp³-hybridized carbons (Fsp3) is 0.571. The topological polar surface area (TPSA) is 21.3 Å². The Bertz CT molecular complexity index is 372. The third-order valence-corrected chi connectivity index (χ3v) is 3.33. The van der Waals surface area contributed by atoms with Crippen molar-refractivity contribution in [1.82, 2.24) is 5.32 Å². The van der Waals surface area contributed by atoms with Crippen LogP contribution >= 0.6 is 11.6 Å². The van der Waals surface area contributed by atoms with Crippen molar-refractivity contribution in [2.45, 2.75) is 45.3 Å². The van der Waals surface area contributed by atoms with Gasteiger partial charge in [0.05, 0.1) is 11.1 Å². The molecule has 94 valence electrons. The Morgan fingerprint density at radius 3 is 2.76 bits per heavy atom. The molecule has 0 saturated carbocycles. The molecular weight excluding hydrogens is 234 g/mol. The zero-order chi connectivity index (χ0) is 12.3. The molecule has 0 aromatic heterocycles. The van der Waals surface area contributed by atoms with E-state index in [2.05, 4.69) is 11.4 Å². The van der Waals surface area contributed by atoms with Crippen molar-refractivity contribution in [2.75, 3.05) is 6.54 Å². The molecule has 17 heavy (non-hydrogen) atoms. The number of hydrogen-bond donors (Lipinski definition) is 1. The Morgan fingerprint density at radius 2 is 2.18 bits per heavy atom. The number of piperidine rings is 1. The average Bonchev–Trinajstić information content (AvgIpc) is 2.32. The van der Waals surface area contributed by atoms with Gasteiger partial charge in [0.25, 0.3) is 0 Å². The van der Waals surface area contributed by atoms with Gasteiger partial charge in [-0.3, -0.25) is 0 Å². The molecular formula is C14H20ClNO. The van der Waals surface area contributed by atoms with E-state index in [9.17, 15) is 0 Å². The van der Waals surface area contributed by atoms with E-state index in [-0.39, 0.29) is 6.10 Å². The van der Waals surface area contributed by atoms with Crippen LogP contribution < -0.4 is 10.1 Å². The molecule has 1 fully saturated rings. The zero-order valence-corrected chi connectivity index (χ0v) is 11.3. The van der Waals surface area contributed by atoms with Crippen LogP contribution in [0.25, 0.3) is 0 Å². The van der Waals surface area contributed by atoms with Gasteiger partial charge in [0.1, 0.15) is 5.75 Å². The van der Waals surface area contributed by atoms with Gasteiger partial charge in [0.15, 0.2) is 0 Å². The van der Waals surface area contributed by atoms with Gasteiger partial charge >= 0.3 is 0 Å². The molecule has 1 N–H and O–H groups in total. The van der Waals surface area contributed by atoms with Crippen molar-refractivity contribution in [2.24, 2.45) is 0 Å². The summed E-state index contributed by atoms with van der Waals surface area (Å²) in [6.45, 7) is 5.12. The van der Waals surface area contributed by atoms with E-state index in [1.807, 2.05) is 26.0 Å². The van der Waals surface area contributed by atoms with E-state index in [4.69, 9.17) is 16.3 Å². The molecule has 3 heteroatoms. The van der Waals surface area contributed by atoms with Gasteiger partial charge in [0.2, 0.25) is 0 Å². The molecule has 1 heterocycles. The van der Waals surface area contributed by atoms with Crippen LogP contribution in [0.1, 0.15) is 44.7 Å². The molecule has 1 aliphatic rings. The lowest BCUT2D eigenvalue weighted by Gasteiger charge is -2.24. The summed E-state index contributed by atoms with van der Waals surface area (Å²) in [6, 6.07) is 6.58. The lowest BCUT2D eigenvalue weighted by molar-refractivity contribution is 0.242. The minimum atomic E-state index is 0.158. The maximum Gasteiger partial charge on any atom is 0.138 e. The molecule has 1 atom stereocenters. The Kier molecular flexibility index (Phi) is 4.30. The van der Waals surface area contributed by atoms with E-state index in [0.29, 0.717) is 11.1 Å². The molecule has 1 aromatic rings.